The second kappa shape index (κ2) is 6.96. The van der Waals surface area contributed by atoms with Crippen LogP contribution in [0.25, 0.3) is 0 Å². The number of hydrogen-bond acceptors (Lipinski definition) is 3. The zero-order chi connectivity index (χ0) is 13.7. The maximum absolute atomic E-state index is 12.3. The van der Waals surface area contributed by atoms with Crippen LogP contribution in [0.2, 0.25) is 0 Å². The lowest BCUT2D eigenvalue weighted by Crippen LogP contribution is -2.28. The number of amides is 1. The second-order valence-corrected chi connectivity index (χ2v) is 6.20. The number of rotatable bonds is 6. The average Bonchev–Trinajstić information content (AvgIpc) is 2.77. The van der Waals surface area contributed by atoms with E-state index in [2.05, 4.69) is 0 Å². The van der Waals surface area contributed by atoms with Gasteiger partial charge in [-0.25, -0.2) is 0 Å². The lowest BCUT2D eigenvalue weighted by Gasteiger charge is -2.16. The first-order valence-electron chi connectivity index (χ1n) is 6.78. The van der Waals surface area contributed by atoms with Crippen LogP contribution in [0.4, 0.5) is 5.69 Å². The number of hydrogen-bond donors (Lipinski definition) is 0. The second-order valence-electron chi connectivity index (χ2n) is 4.89. The number of carbonyl (C=O) groups excluding carboxylic acids is 1. The lowest BCUT2D eigenvalue weighted by molar-refractivity contribution is -0.116. The predicted octanol–water partition coefficient (Wildman–Crippen LogP) is 2.95. The highest BCUT2D eigenvalue weighted by molar-refractivity contribution is 8.00. The Morgan fingerprint density at radius 2 is 2.11 bits per heavy atom. The van der Waals surface area contributed by atoms with Gasteiger partial charge in [0.1, 0.15) is 0 Å². The Kier molecular flexibility index (Phi) is 5.28. The highest BCUT2D eigenvalue weighted by Gasteiger charge is 2.32. The van der Waals surface area contributed by atoms with Gasteiger partial charge >= 0.3 is 0 Å². The third-order valence-electron chi connectivity index (χ3n) is 3.08. The zero-order valence-corrected chi connectivity index (χ0v) is 12.4. The highest BCUT2D eigenvalue weighted by Crippen LogP contribution is 2.28. The van der Waals surface area contributed by atoms with Crippen molar-refractivity contribution in [3.05, 3.63) is 30.3 Å². The van der Waals surface area contributed by atoms with Gasteiger partial charge in [-0.3, -0.25) is 4.79 Å². The van der Waals surface area contributed by atoms with E-state index < -0.39 is 0 Å². The van der Waals surface area contributed by atoms with Gasteiger partial charge in [0.15, 0.2) is 0 Å². The highest BCUT2D eigenvalue weighted by atomic mass is 32.2. The van der Waals surface area contributed by atoms with E-state index in [0.717, 1.165) is 31.0 Å². The number of anilines is 1. The fourth-order valence-corrected chi connectivity index (χ4v) is 3.17. The Morgan fingerprint density at radius 3 is 2.79 bits per heavy atom. The number of ether oxygens (including phenoxy) is 1. The fourth-order valence-electron chi connectivity index (χ4n) is 2.15. The summed E-state index contributed by atoms with van der Waals surface area (Å²) in [6, 6.07) is 9.90. The molecule has 0 N–H and O–H groups in total. The molecule has 0 bridgehead atoms. The quantitative estimate of drug-likeness (QED) is 0.750. The normalized spacial score (nSPS) is 19.4. The number of para-hydroxylation sites is 1. The van der Waals surface area contributed by atoms with Crippen molar-refractivity contribution >= 4 is 23.4 Å². The molecule has 1 fully saturated rings. The van der Waals surface area contributed by atoms with Crippen LogP contribution in [0.5, 0.6) is 0 Å². The summed E-state index contributed by atoms with van der Waals surface area (Å²) in [5, 5.41) is 0.0935. The van der Waals surface area contributed by atoms with E-state index in [1.807, 2.05) is 49.1 Å². The third-order valence-corrected chi connectivity index (χ3v) is 4.32. The van der Waals surface area contributed by atoms with E-state index >= 15 is 0 Å². The van der Waals surface area contributed by atoms with E-state index in [9.17, 15) is 4.79 Å². The van der Waals surface area contributed by atoms with Crippen LogP contribution in [-0.2, 0) is 9.53 Å². The average molecular weight is 279 g/mol. The van der Waals surface area contributed by atoms with Crippen LogP contribution < -0.4 is 4.90 Å². The van der Waals surface area contributed by atoms with Crippen LogP contribution in [-0.4, -0.2) is 36.2 Å². The summed E-state index contributed by atoms with van der Waals surface area (Å²) in [7, 11) is 0. The van der Waals surface area contributed by atoms with Gasteiger partial charge in [0, 0.05) is 18.0 Å². The lowest BCUT2D eigenvalue weighted by atomic mass is 10.3. The fraction of sp³-hybridized carbons (Fsp3) is 0.533. The molecular weight excluding hydrogens is 258 g/mol. The molecule has 1 aliphatic heterocycles. The molecule has 3 nitrogen and oxygen atoms in total. The molecular formula is C15H21NO2S. The Labute approximate surface area is 119 Å². The third kappa shape index (κ3) is 3.98. The number of benzene rings is 1. The molecule has 0 spiro atoms. The van der Waals surface area contributed by atoms with E-state index in [0.29, 0.717) is 0 Å². The summed E-state index contributed by atoms with van der Waals surface area (Å²) >= 11 is 1.72. The first-order valence-corrected chi connectivity index (χ1v) is 7.83. The van der Waals surface area contributed by atoms with Crippen LogP contribution >= 0.6 is 11.8 Å². The maximum atomic E-state index is 12.3. The minimum Gasteiger partial charge on any atom is -0.378 e. The summed E-state index contributed by atoms with van der Waals surface area (Å²) in [5.41, 5.74) is 1.01. The van der Waals surface area contributed by atoms with E-state index in [1.54, 1.807) is 11.8 Å². The molecule has 0 unspecified atom stereocenters. The summed E-state index contributed by atoms with van der Waals surface area (Å²) in [4.78, 5) is 14.2. The molecule has 0 saturated carbocycles. The van der Waals surface area contributed by atoms with Gasteiger partial charge in [0.25, 0.3) is 0 Å². The van der Waals surface area contributed by atoms with Crippen molar-refractivity contribution in [3.8, 4) is 0 Å². The van der Waals surface area contributed by atoms with Crippen molar-refractivity contribution in [1.82, 2.24) is 0 Å². The maximum Gasteiger partial charge on any atom is 0.240 e. The molecule has 19 heavy (non-hydrogen) atoms. The van der Waals surface area contributed by atoms with Crippen molar-refractivity contribution in [2.45, 2.75) is 31.6 Å². The van der Waals surface area contributed by atoms with Gasteiger partial charge in [0.05, 0.1) is 18.0 Å². The minimum absolute atomic E-state index is 0.0935. The minimum atomic E-state index is 0.0935. The van der Waals surface area contributed by atoms with Gasteiger partial charge in [-0.1, -0.05) is 18.2 Å². The standard InChI is InChI=1S/C15H21NO2S/c1-12(2)18-10-11-19-14-8-9-16(15(14)17)13-6-4-3-5-7-13/h3-7,12,14H,8-11H2,1-2H3/t14-/m0/s1. The van der Waals surface area contributed by atoms with Gasteiger partial charge in [0.2, 0.25) is 5.91 Å². The monoisotopic (exact) mass is 279 g/mol. The first kappa shape index (κ1) is 14.4. The predicted molar refractivity (Wildman–Crippen MR) is 80.7 cm³/mol. The Morgan fingerprint density at radius 1 is 1.37 bits per heavy atom. The van der Waals surface area contributed by atoms with E-state index in [4.69, 9.17) is 4.74 Å². The van der Waals surface area contributed by atoms with E-state index in [-0.39, 0.29) is 17.3 Å². The Hall–Kier alpha value is -1.00. The van der Waals surface area contributed by atoms with Crippen molar-refractivity contribution in [3.63, 3.8) is 0 Å². The van der Waals surface area contributed by atoms with Crippen LogP contribution in [0.3, 0.4) is 0 Å². The summed E-state index contributed by atoms with van der Waals surface area (Å²) < 4.78 is 5.50. The molecule has 1 aliphatic rings. The first-order chi connectivity index (χ1) is 9.18. The largest absolute Gasteiger partial charge is 0.378 e. The van der Waals surface area contributed by atoms with Gasteiger partial charge in [-0.05, 0) is 32.4 Å². The van der Waals surface area contributed by atoms with E-state index in [1.165, 1.54) is 0 Å². The molecule has 0 aliphatic carbocycles. The molecule has 104 valence electrons. The van der Waals surface area contributed by atoms with Crippen LogP contribution in [0.1, 0.15) is 20.3 Å². The number of carbonyl (C=O) groups is 1. The molecule has 1 aromatic rings. The van der Waals surface area contributed by atoms with Gasteiger partial charge in [-0.15, -0.1) is 11.8 Å². The smallest absolute Gasteiger partial charge is 0.240 e. The summed E-state index contributed by atoms with van der Waals surface area (Å²) in [5.74, 6) is 1.12. The van der Waals surface area contributed by atoms with Crippen LogP contribution in [0, 0.1) is 0 Å². The molecule has 1 heterocycles. The molecule has 1 atom stereocenters. The molecule has 1 aromatic carbocycles. The molecule has 0 aromatic heterocycles. The number of nitrogens with zero attached hydrogens (tertiary/aromatic N) is 1. The summed E-state index contributed by atoms with van der Waals surface area (Å²) in [6.07, 6.45) is 1.20. The zero-order valence-electron chi connectivity index (χ0n) is 11.5. The van der Waals surface area contributed by atoms with Crippen molar-refractivity contribution in [2.24, 2.45) is 0 Å². The molecule has 1 amide bonds. The molecule has 1 saturated heterocycles. The Bertz CT molecular complexity index is 408. The van der Waals surface area contributed by atoms with Crippen molar-refractivity contribution in [1.29, 1.82) is 0 Å². The molecule has 4 heteroatoms. The molecule has 2 rings (SSSR count). The summed E-state index contributed by atoms with van der Waals surface area (Å²) in [6.45, 7) is 5.61. The van der Waals surface area contributed by atoms with Gasteiger partial charge < -0.3 is 9.64 Å². The van der Waals surface area contributed by atoms with Crippen molar-refractivity contribution in [2.75, 3.05) is 23.8 Å². The number of thioether (sulfide) groups is 1. The molecule has 0 radical (unpaired) electrons. The Balaban J connectivity index is 1.81. The SMILES string of the molecule is CC(C)OCCS[C@H]1CCN(c2ccccc2)C1=O. The topological polar surface area (TPSA) is 29.5 Å². The van der Waals surface area contributed by atoms with Crippen LogP contribution in [0.15, 0.2) is 30.3 Å². The van der Waals surface area contributed by atoms with Gasteiger partial charge in [-0.2, -0.15) is 0 Å². The van der Waals surface area contributed by atoms with Crippen molar-refractivity contribution < 1.29 is 9.53 Å².